The standard InChI is InChI=1S/C13H18O5/c1-16-11-5-3-2-4-10(11)12-17-8-13(6-14,7-15)9-18-12/h2-5,12,14-15H,6-9H2,1H3. The maximum absolute atomic E-state index is 9.25. The lowest BCUT2D eigenvalue weighted by molar-refractivity contribution is -0.248. The predicted molar refractivity (Wildman–Crippen MR) is 64.2 cm³/mol. The van der Waals surface area contributed by atoms with E-state index in [1.54, 1.807) is 7.11 Å². The molecule has 0 aliphatic carbocycles. The third kappa shape index (κ3) is 2.49. The molecule has 0 spiro atoms. The SMILES string of the molecule is COc1ccccc1C1OCC(CO)(CO)CO1. The van der Waals surface area contributed by atoms with Crippen molar-refractivity contribution < 1.29 is 24.4 Å². The van der Waals surface area contributed by atoms with Gasteiger partial charge in [0.2, 0.25) is 0 Å². The van der Waals surface area contributed by atoms with Gasteiger partial charge in [0, 0.05) is 5.56 Å². The van der Waals surface area contributed by atoms with Gasteiger partial charge in [-0.2, -0.15) is 0 Å². The van der Waals surface area contributed by atoms with Gasteiger partial charge in [-0.05, 0) is 6.07 Å². The summed E-state index contributed by atoms with van der Waals surface area (Å²) in [4.78, 5) is 0. The molecule has 18 heavy (non-hydrogen) atoms. The molecule has 2 N–H and O–H groups in total. The fourth-order valence-corrected chi connectivity index (χ4v) is 1.87. The minimum Gasteiger partial charge on any atom is -0.496 e. The Kier molecular flexibility index (Phi) is 4.19. The van der Waals surface area contributed by atoms with E-state index >= 15 is 0 Å². The first-order valence-electron chi connectivity index (χ1n) is 5.82. The molecule has 0 saturated carbocycles. The molecule has 1 aromatic rings. The third-order valence-electron chi connectivity index (χ3n) is 3.15. The summed E-state index contributed by atoms with van der Waals surface area (Å²) in [5.74, 6) is 0.697. The monoisotopic (exact) mass is 254 g/mol. The van der Waals surface area contributed by atoms with E-state index in [9.17, 15) is 10.2 Å². The molecule has 1 saturated heterocycles. The van der Waals surface area contributed by atoms with Crippen molar-refractivity contribution in [3.63, 3.8) is 0 Å². The van der Waals surface area contributed by atoms with Crippen molar-refractivity contribution in [3.8, 4) is 5.75 Å². The van der Waals surface area contributed by atoms with Gasteiger partial charge in [-0.15, -0.1) is 0 Å². The van der Waals surface area contributed by atoms with Crippen LogP contribution in [0.2, 0.25) is 0 Å². The molecule has 100 valence electrons. The Bertz CT molecular complexity index is 379. The molecule has 5 nitrogen and oxygen atoms in total. The molecule has 0 atom stereocenters. The third-order valence-corrected chi connectivity index (χ3v) is 3.15. The second-order valence-electron chi connectivity index (χ2n) is 4.51. The van der Waals surface area contributed by atoms with Crippen LogP contribution in [0.5, 0.6) is 5.75 Å². The van der Waals surface area contributed by atoms with Crippen LogP contribution in [0.1, 0.15) is 11.9 Å². The maximum Gasteiger partial charge on any atom is 0.187 e. The van der Waals surface area contributed by atoms with Crippen LogP contribution in [0.25, 0.3) is 0 Å². The molecular formula is C13H18O5. The van der Waals surface area contributed by atoms with E-state index in [0.29, 0.717) is 5.75 Å². The van der Waals surface area contributed by atoms with E-state index in [1.165, 1.54) is 0 Å². The minimum atomic E-state index is -0.710. The van der Waals surface area contributed by atoms with Crippen molar-refractivity contribution in [2.45, 2.75) is 6.29 Å². The number of hydrogen-bond acceptors (Lipinski definition) is 5. The van der Waals surface area contributed by atoms with E-state index in [0.717, 1.165) is 5.56 Å². The summed E-state index contributed by atoms with van der Waals surface area (Å²) < 4.78 is 16.4. The van der Waals surface area contributed by atoms with E-state index in [4.69, 9.17) is 14.2 Å². The van der Waals surface area contributed by atoms with Crippen LogP contribution in [0, 0.1) is 5.41 Å². The fraction of sp³-hybridized carbons (Fsp3) is 0.538. The Morgan fingerprint density at radius 2 is 1.83 bits per heavy atom. The summed E-state index contributed by atoms with van der Waals surface area (Å²) in [6.07, 6.45) is -0.521. The van der Waals surface area contributed by atoms with Gasteiger partial charge in [0.15, 0.2) is 6.29 Å². The molecule has 1 aliphatic heterocycles. The smallest absolute Gasteiger partial charge is 0.187 e. The van der Waals surface area contributed by atoms with Gasteiger partial charge in [0.25, 0.3) is 0 Å². The molecule has 1 fully saturated rings. The highest BCUT2D eigenvalue weighted by Crippen LogP contribution is 2.35. The van der Waals surface area contributed by atoms with Crippen LogP contribution >= 0.6 is 0 Å². The van der Waals surface area contributed by atoms with Gasteiger partial charge >= 0.3 is 0 Å². The Morgan fingerprint density at radius 1 is 1.22 bits per heavy atom. The molecule has 1 aromatic carbocycles. The van der Waals surface area contributed by atoms with Crippen molar-refractivity contribution in [2.75, 3.05) is 33.5 Å². The largest absolute Gasteiger partial charge is 0.496 e. The second-order valence-corrected chi connectivity index (χ2v) is 4.51. The highest BCUT2D eigenvalue weighted by molar-refractivity contribution is 5.34. The molecule has 0 unspecified atom stereocenters. The summed E-state index contributed by atoms with van der Waals surface area (Å²) in [6, 6.07) is 7.46. The first kappa shape index (κ1) is 13.3. The van der Waals surface area contributed by atoms with Crippen molar-refractivity contribution >= 4 is 0 Å². The topological polar surface area (TPSA) is 68.2 Å². The number of aliphatic hydroxyl groups excluding tert-OH is 2. The zero-order valence-corrected chi connectivity index (χ0v) is 10.3. The van der Waals surface area contributed by atoms with E-state index in [1.807, 2.05) is 24.3 Å². The van der Waals surface area contributed by atoms with Crippen molar-refractivity contribution in [1.82, 2.24) is 0 Å². The van der Waals surface area contributed by atoms with Crippen molar-refractivity contribution in [3.05, 3.63) is 29.8 Å². The fourth-order valence-electron chi connectivity index (χ4n) is 1.87. The number of ether oxygens (including phenoxy) is 3. The molecule has 0 bridgehead atoms. The van der Waals surface area contributed by atoms with Gasteiger partial charge in [0.05, 0.1) is 39.0 Å². The zero-order valence-electron chi connectivity index (χ0n) is 10.3. The van der Waals surface area contributed by atoms with Crippen molar-refractivity contribution in [1.29, 1.82) is 0 Å². The summed E-state index contributed by atoms with van der Waals surface area (Å²) in [7, 11) is 1.59. The lowest BCUT2D eigenvalue weighted by Gasteiger charge is -2.37. The Hall–Kier alpha value is -1.14. The van der Waals surface area contributed by atoms with E-state index in [-0.39, 0.29) is 26.4 Å². The molecule has 2 rings (SSSR count). The highest BCUT2D eigenvalue weighted by Gasteiger charge is 2.37. The van der Waals surface area contributed by atoms with Crippen LogP contribution in [0.15, 0.2) is 24.3 Å². The summed E-state index contributed by atoms with van der Waals surface area (Å²) in [5, 5.41) is 18.5. The highest BCUT2D eigenvalue weighted by atomic mass is 16.7. The predicted octanol–water partition coefficient (Wildman–Crippen LogP) is 0.712. The Morgan fingerprint density at radius 3 is 2.39 bits per heavy atom. The van der Waals surface area contributed by atoms with Crippen LogP contribution in [-0.4, -0.2) is 43.8 Å². The normalized spacial score (nSPS) is 19.7. The molecule has 1 aliphatic rings. The number of aliphatic hydroxyl groups is 2. The summed E-state index contributed by atoms with van der Waals surface area (Å²) in [5.41, 5.74) is 0.0999. The first-order chi connectivity index (χ1) is 8.74. The van der Waals surface area contributed by atoms with Crippen molar-refractivity contribution in [2.24, 2.45) is 5.41 Å². The van der Waals surface area contributed by atoms with Gasteiger partial charge < -0.3 is 24.4 Å². The summed E-state index contributed by atoms with van der Waals surface area (Å²) >= 11 is 0. The minimum absolute atomic E-state index is 0.165. The van der Waals surface area contributed by atoms with Crippen LogP contribution in [-0.2, 0) is 9.47 Å². The lowest BCUT2D eigenvalue weighted by Crippen LogP contribution is -2.44. The summed E-state index contributed by atoms with van der Waals surface area (Å²) in [6.45, 7) is 0.176. The molecule has 0 amide bonds. The van der Waals surface area contributed by atoms with Crippen LogP contribution in [0.3, 0.4) is 0 Å². The van der Waals surface area contributed by atoms with Gasteiger partial charge in [-0.1, -0.05) is 18.2 Å². The molecular weight excluding hydrogens is 236 g/mol. The number of hydrogen-bond donors (Lipinski definition) is 2. The number of benzene rings is 1. The second kappa shape index (κ2) is 5.67. The number of methoxy groups -OCH3 is 1. The van der Waals surface area contributed by atoms with Crippen LogP contribution in [0.4, 0.5) is 0 Å². The number of rotatable bonds is 4. The first-order valence-corrected chi connectivity index (χ1v) is 5.82. The Labute approximate surface area is 106 Å². The average molecular weight is 254 g/mol. The van der Waals surface area contributed by atoms with Gasteiger partial charge in [-0.25, -0.2) is 0 Å². The maximum atomic E-state index is 9.25. The van der Waals surface area contributed by atoms with Gasteiger partial charge in [0.1, 0.15) is 5.75 Å². The van der Waals surface area contributed by atoms with E-state index in [2.05, 4.69) is 0 Å². The van der Waals surface area contributed by atoms with Crippen LogP contribution < -0.4 is 4.74 Å². The quantitative estimate of drug-likeness (QED) is 0.828. The number of para-hydroxylation sites is 1. The Balaban J connectivity index is 2.10. The lowest BCUT2D eigenvalue weighted by atomic mass is 9.91. The molecule has 1 heterocycles. The molecule has 0 aromatic heterocycles. The van der Waals surface area contributed by atoms with E-state index < -0.39 is 11.7 Å². The molecule has 5 heteroatoms. The average Bonchev–Trinajstić information content (AvgIpc) is 2.47. The van der Waals surface area contributed by atoms with Gasteiger partial charge in [-0.3, -0.25) is 0 Å². The molecule has 0 radical (unpaired) electrons. The zero-order chi connectivity index (χ0) is 13.0.